The van der Waals surface area contributed by atoms with E-state index in [1.165, 1.54) is 48.1 Å². The summed E-state index contributed by atoms with van der Waals surface area (Å²) in [5, 5.41) is 21.8. The Hall–Kier alpha value is -3.33. The van der Waals surface area contributed by atoms with Gasteiger partial charge in [0.1, 0.15) is 11.9 Å². The largest absolute Gasteiger partial charge is 0.387 e. The van der Waals surface area contributed by atoms with Gasteiger partial charge in [0.05, 0.1) is 11.1 Å². The molecule has 0 saturated heterocycles. The van der Waals surface area contributed by atoms with Gasteiger partial charge in [0, 0.05) is 0 Å². The lowest BCUT2D eigenvalue weighted by Crippen LogP contribution is -2.24. The van der Waals surface area contributed by atoms with Gasteiger partial charge in [0.15, 0.2) is 0 Å². The summed E-state index contributed by atoms with van der Waals surface area (Å²) in [6.45, 7) is 0. The molecule has 0 atom stereocenters. The minimum atomic E-state index is -0.869. The molecule has 0 radical (unpaired) electrons. The Labute approximate surface area is 123 Å². The number of nitro groups is 1. The number of nitrogens with one attached hydrogen (secondary N) is 2. The van der Waals surface area contributed by atoms with E-state index in [2.05, 4.69) is 10.3 Å². The van der Waals surface area contributed by atoms with Crippen LogP contribution < -0.4 is 10.8 Å². The zero-order chi connectivity index (χ0) is 16.1. The van der Waals surface area contributed by atoms with Crippen molar-refractivity contribution in [3.8, 4) is 0 Å². The van der Waals surface area contributed by atoms with Crippen LogP contribution in [0.15, 0.2) is 42.6 Å². The lowest BCUT2D eigenvalue weighted by Gasteiger charge is -2.08. The Kier molecular flexibility index (Phi) is 4.39. The number of pyridine rings is 1. The summed E-state index contributed by atoms with van der Waals surface area (Å²) in [6.07, 6.45) is 1.22. The molecule has 1 heterocycles. The molecular formula is C13H10N4O5. The topological polar surface area (TPSA) is 134 Å². The van der Waals surface area contributed by atoms with Gasteiger partial charge in [0.2, 0.25) is 0 Å². The molecule has 0 bridgehead atoms. The molecule has 0 unspecified atom stereocenters. The molecule has 0 aliphatic rings. The highest BCUT2D eigenvalue weighted by atomic mass is 16.6. The van der Waals surface area contributed by atoms with Gasteiger partial charge in [-0.2, -0.15) is 0 Å². The van der Waals surface area contributed by atoms with E-state index in [-0.39, 0.29) is 16.8 Å². The predicted octanol–water partition coefficient (Wildman–Crippen LogP) is 1.36. The van der Waals surface area contributed by atoms with Crippen molar-refractivity contribution in [3.63, 3.8) is 0 Å². The number of amides is 2. The first-order valence-electron chi connectivity index (χ1n) is 5.99. The van der Waals surface area contributed by atoms with Gasteiger partial charge in [-0.3, -0.25) is 14.8 Å². The first kappa shape index (κ1) is 15.1. The van der Waals surface area contributed by atoms with Gasteiger partial charge in [-0.1, -0.05) is 12.1 Å². The normalized spacial score (nSPS) is 9.86. The van der Waals surface area contributed by atoms with E-state index in [1.807, 2.05) is 0 Å². The van der Waals surface area contributed by atoms with E-state index >= 15 is 0 Å². The molecule has 0 spiro atoms. The monoisotopic (exact) mass is 302 g/mol. The fraction of sp³-hybridized carbons (Fsp3) is 0. The molecule has 2 amide bonds. The van der Waals surface area contributed by atoms with Crippen LogP contribution in [0.2, 0.25) is 0 Å². The second kappa shape index (κ2) is 6.41. The zero-order valence-corrected chi connectivity index (χ0v) is 11.0. The van der Waals surface area contributed by atoms with Crippen LogP contribution in [-0.2, 0) is 0 Å². The van der Waals surface area contributed by atoms with Crippen LogP contribution in [0.25, 0.3) is 0 Å². The molecule has 1 aromatic carbocycles. The van der Waals surface area contributed by atoms with Crippen LogP contribution in [0.3, 0.4) is 0 Å². The van der Waals surface area contributed by atoms with Crippen LogP contribution in [0.4, 0.5) is 11.5 Å². The standard InChI is InChI=1S/C13H10N4O5/c18-12(8-4-1-2-5-9(8)13(19)16-20)15-10-6-3-7-14-11(10)17(21)22/h1-7,20H,(H,15,18)(H,16,19). The fourth-order valence-corrected chi connectivity index (χ4v) is 1.77. The van der Waals surface area contributed by atoms with Crippen LogP contribution in [-0.4, -0.2) is 26.9 Å². The summed E-state index contributed by atoms with van der Waals surface area (Å²) in [6, 6.07) is 8.45. The van der Waals surface area contributed by atoms with Crippen LogP contribution in [0, 0.1) is 10.1 Å². The summed E-state index contributed by atoms with van der Waals surface area (Å²) < 4.78 is 0. The number of nitrogens with zero attached hydrogens (tertiary/aromatic N) is 2. The predicted molar refractivity (Wildman–Crippen MR) is 74.5 cm³/mol. The molecule has 1 aromatic heterocycles. The molecule has 0 aliphatic carbocycles. The van der Waals surface area contributed by atoms with Crippen molar-refractivity contribution >= 4 is 23.3 Å². The summed E-state index contributed by atoms with van der Waals surface area (Å²) >= 11 is 0. The maximum absolute atomic E-state index is 12.2. The number of carbonyl (C=O) groups is 2. The number of carbonyl (C=O) groups excluding carboxylic acids is 2. The van der Waals surface area contributed by atoms with Gasteiger partial charge in [-0.25, -0.2) is 5.48 Å². The van der Waals surface area contributed by atoms with Gasteiger partial charge in [-0.15, -0.1) is 0 Å². The number of hydroxylamine groups is 1. The molecule has 3 N–H and O–H groups in total. The Morgan fingerprint density at radius 2 is 1.73 bits per heavy atom. The van der Waals surface area contributed by atoms with Crippen molar-refractivity contribution in [3.05, 3.63) is 63.8 Å². The highest BCUT2D eigenvalue weighted by Crippen LogP contribution is 2.21. The Bertz CT molecular complexity index is 747. The van der Waals surface area contributed by atoms with Gasteiger partial charge in [0.25, 0.3) is 11.8 Å². The van der Waals surface area contributed by atoms with E-state index in [4.69, 9.17) is 5.21 Å². The lowest BCUT2D eigenvalue weighted by atomic mass is 10.1. The van der Waals surface area contributed by atoms with Crippen molar-refractivity contribution in [2.45, 2.75) is 0 Å². The first-order chi connectivity index (χ1) is 10.5. The number of hydrogen-bond acceptors (Lipinski definition) is 6. The highest BCUT2D eigenvalue weighted by Gasteiger charge is 2.20. The summed E-state index contributed by atoms with van der Waals surface area (Å²) in [7, 11) is 0. The Morgan fingerprint density at radius 1 is 1.09 bits per heavy atom. The second-order valence-corrected chi connectivity index (χ2v) is 4.07. The summed E-state index contributed by atoms with van der Waals surface area (Å²) in [5.41, 5.74) is 1.21. The average Bonchev–Trinajstić information content (AvgIpc) is 2.54. The van der Waals surface area contributed by atoms with Crippen LogP contribution in [0.1, 0.15) is 20.7 Å². The second-order valence-electron chi connectivity index (χ2n) is 4.07. The Morgan fingerprint density at radius 3 is 2.32 bits per heavy atom. The van der Waals surface area contributed by atoms with E-state index in [0.717, 1.165) is 0 Å². The maximum Gasteiger partial charge on any atom is 0.387 e. The molecule has 9 nitrogen and oxygen atoms in total. The van der Waals surface area contributed by atoms with Crippen molar-refractivity contribution in [1.82, 2.24) is 10.5 Å². The number of anilines is 1. The highest BCUT2D eigenvalue weighted by molar-refractivity contribution is 6.12. The smallest absolute Gasteiger partial charge is 0.358 e. The third-order valence-corrected chi connectivity index (χ3v) is 2.73. The number of hydrogen-bond donors (Lipinski definition) is 3. The van der Waals surface area contributed by atoms with E-state index in [1.54, 1.807) is 0 Å². The first-order valence-corrected chi connectivity index (χ1v) is 5.99. The molecule has 2 rings (SSSR count). The quantitative estimate of drug-likeness (QED) is 0.443. The summed E-state index contributed by atoms with van der Waals surface area (Å²) in [5.74, 6) is -2.12. The molecular weight excluding hydrogens is 292 g/mol. The third-order valence-electron chi connectivity index (χ3n) is 2.73. The van der Waals surface area contributed by atoms with E-state index in [9.17, 15) is 19.7 Å². The van der Waals surface area contributed by atoms with Crippen LogP contribution >= 0.6 is 0 Å². The lowest BCUT2D eigenvalue weighted by molar-refractivity contribution is -0.388. The van der Waals surface area contributed by atoms with Crippen molar-refractivity contribution in [2.75, 3.05) is 5.32 Å². The van der Waals surface area contributed by atoms with Crippen molar-refractivity contribution in [1.29, 1.82) is 0 Å². The maximum atomic E-state index is 12.2. The number of benzene rings is 1. The van der Waals surface area contributed by atoms with Crippen molar-refractivity contribution in [2.24, 2.45) is 0 Å². The molecule has 0 aliphatic heterocycles. The number of rotatable bonds is 4. The van der Waals surface area contributed by atoms with Crippen molar-refractivity contribution < 1.29 is 19.7 Å². The van der Waals surface area contributed by atoms with Gasteiger partial charge < -0.3 is 15.4 Å². The zero-order valence-electron chi connectivity index (χ0n) is 11.0. The van der Waals surface area contributed by atoms with Gasteiger partial charge >= 0.3 is 5.82 Å². The molecule has 0 fully saturated rings. The number of aromatic nitrogens is 1. The molecule has 9 heteroatoms. The van der Waals surface area contributed by atoms with E-state index in [0.29, 0.717) is 0 Å². The third kappa shape index (κ3) is 3.04. The average molecular weight is 302 g/mol. The Balaban J connectivity index is 2.35. The molecule has 2 aromatic rings. The van der Waals surface area contributed by atoms with Crippen LogP contribution in [0.5, 0.6) is 0 Å². The minimum Gasteiger partial charge on any atom is -0.358 e. The SMILES string of the molecule is O=C(NO)c1ccccc1C(=O)Nc1cccnc1[N+](=O)[O-]. The molecule has 0 saturated carbocycles. The molecule has 22 heavy (non-hydrogen) atoms. The fourth-order valence-electron chi connectivity index (χ4n) is 1.77. The minimum absolute atomic E-state index is 0.0489. The van der Waals surface area contributed by atoms with Gasteiger partial charge in [-0.05, 0) is 34.2 Å². The van der Waals surface area contributed by atoms with E-state index < -0.39 is 22.6 Å². The summed E-state index contributed by atoms with van der Waals surface area (Å²) in [4.78, 5) is 37.4. The molecule has 112 valence electrons.